The third-order valence-electron chi connectivity index (χ3n) is 7.39. The number of likely N-dealkylation sites (tertiary alicyclic amines) is 1. The maximum atomic E-state index is 13.9. The first-order chi connectivity index (χ1) is 14.3. The number of pyridine rings is 1. The smallest absolute Gasteiger partial charge is 0.254 e. The van der Waals surface area contributed by atoms with Crippen LogP contribution in [-0.2, 0) is 0 Å². The Morgan fingerprint density at radius 1 is 0.931 bits per heavy atom. The number of aromatic nitrogens is 1. The van der Waals surface area contributed by atoms with Gasteiger partial charge in [0.05, 0.1) is 6.04 Å². The molecular weight excluding hydrogens is 358 g/mol. The fourth-order valence-corrected chi connectivity index (χ4v) is 6.11. The van der Waals surface area contributed by atoms with Crippen molar-refractivity contribution in [1.29, 1.82) is 0 Å². The number of hydrogen-bond donors (Lipinski definition) is 0. The first-order valence-corrected chi connectivity index (χ1v) is 10.7. The molecule has 29 heavy (non-hydrogen) atoms. The Hall–Kier alpha value is -2.72. The third-order valence-corrected chi connectivity index (χ3v) is 7.39. The first-order valence-electron chi connectivity index (χ1n) is 10.7. The lowest BCUT2D eigenvalue weighted by molar-refractivity contribution is -0.00336. The number of rotatable bonds is 2. The maximum absolute atomic E-state index is 13.9. The minimum Gasteiger partial charge on any atom is -0.333 e. The number of carbonyl (C=O) groups is 1. The molecule has 4 aliphatic rings. The lowest BCUT2D eigenvalue weighted by Gasteiger charge is -2.51. The van der Waals surface area contributed by atoms with E-state index in [9.17, 15) is 4.79 Å². The average molecular weight is 383 g/mol. The van der Waals surface area contributed by atoms with Crippen molar-refractivity contribution in [1.82, 2.24) is 14.8 Å². The molecule has 5 heterocycles. The third kappa shape index (κ3) is 2.62. The van der Waals surface area contributed by atoms with Crippen LogP contribution < -0.4 is 0 Å². The molecule has 4 saturated heterocycles. The topological polar surface area (TPSA) is 36.4 Å². The summed E-state index contributed by atoms with van der Waals surface area (Å²) in [7, 11) is 0. The van der Waals surface area contributed by atoms with Gasteiger partial charge in [0.15, 0.2) is 0 Å². The number of hydrogen-bond acceptors (Lipinski definition) is 3. The summed E-state index contributed by atoms with van der Waals surface area (Å²) in [4.78, 5) is 23.1. The second-order valence-corrected chi connectivity index (χ2v) is 8.73. The molecule has 1 aromatic heterocycles. The monoisotopic (exact) mass is 383 g/mol. The van der Waals surface area contributed by atoms with Gasteiger partial charge in [0, 0.05) is 36.5 Å². The van der Waals surface area contributed by atoms with Crippen molar-refractivity contribution in [2.45, 2.75) is 30.8 Å². The summed E-state index contributed by atoms with van der Waals surface area (Å²) < 4.78 is 0. The maximum Gasteiger partial charge on any atom is 0.254 e. The standard InChI is InChI=1S/C25H25N3O/c29-25(21-9-3-6-17-5-1-2-8-20(17)21)28-16-22(19-7-4-12-26-15-19)24-23(28)18-10-13-27(24)14-11-18/h1-9,12,15,18,22-24H,10-11,13-14,16H2. The summed E-state index contributed by atoms with van der Waals surface area (Å²) in [5.41, 5.74) is 2.11. The first kappa shape index (κ1) is 17.2. The van der Waals surface area contributed by atoms with Gasteiger partial charge in [-0.05, 0) is 60.3 Å². The zero-order chi connectivity index (χ0) is 19.4. The van der Waals surface area contributed by atoms with Gasteiger partial charge >= 0.3 is 0 Å². The van der Waals surface area contributed by atoms with Crippen LogP contribution in [0.1, 0.15) is 34.7 Å². The second-order valence-electron chi connectivity index (χ2n) is 8.73. The highest BCUT2D eigenvalue weighted by Gasteiger charge is 2.54. The van der Waals surface area contributed by atoms with Gasteiger partial charge < -0.3 is 4.90 Å². The SMILES string of the molecule is O=C(c1cccc2ccccc12)N1CC(c2cccnc2)C2C1C1CCN2CC1. The van der Waals surface area contributed by atoms with Crippen molar-refractivity contribution in [2.24, 2.45) is 5.92 Å². The highest BCUT2D eigenvalue weighted by atomic mass is 16.2. The van der Waals surface area contributed by atoms with E-state index in [1.165, 1.54) is 31.5 Å². The van der Waals surface area contributed by atoms with Gasteiger partial charge in [0.25, 0.3) is 5.91 Å². The Kier molecular flexibility index (Phi) is 3.95. The van der Waals surface area contributed by atoms with E-state index in [2.05, 4.69) is 39.0 Å². The van der Waals surface area contributed by atoms with E-state index < -0.39 is 0 Å². The van der Waals surface area contributed by atoms with Crippen LogP contribution in [0, 0.1) is 5.92 Å². The van der Waals surface area contributed by atoms with E-state index in [-0.39, 0.29) is 5.91 Å². The summed E-state index contributed by atoms with van der Waals surface area (Å²) in [6.07, 6.45) is 6.25. The molecule has 0 aliphatic carbocycles. The molecule has 4 heteroatoms. The number of benzene rings is 2. The Balaban J connectivity index is 1.43. The molecule has 4 aliphatic heterocycles. The molecule has 3 unspecified atom stereocenters. The minimum atomic E-state index is 0.192. The van der Waals surface area contributed by atoms with Gasteiger partial charge in [-0.1, -0.05) is 42.5 Å². The zero-order valence-corrected chi connectivity index (χ0v) is 16.4. The lowest BCUT2D eigenvalue weighted by atomic mass is 9.75. The van der Waals surface area contributed by atoms with E-state index in [1.54, 1.807) is 0 Å². The van der Waals surface area contributed by atoms with Gasteiger partial charge in [0.1, 0.15) is 0 Å². The highest BCUT2D eigenvalue weighted by molar-refractivity contribution is 6.07. The number of nitrogens with zero attached hydrogens (tertiary/aromatic N) is 3. The van der Waals surface area contributed by atoms with Gasteiger partial charge in [-0.3, -0.25) is 14.7 Å². The quantitative estimate of drug-likeness (QED) is 0.673. The van der Waals surface area contributed by atoms with Crippen molar-refractivity contribution in [3.63, 3.8) is 0 Å². The van der Waals surface area contributed by atoms with Crippen LogP contribution in [0.3, 0.4) is 0 Å². The summed E-state index contributed by atoms with van der Waals surface area (Å²) in [5, 5.41) is 2.19. The summed E-state index contributed by atoms with van der Waals surface area (Å²) in [5.74, 6) is 1.15. The Morgan fingerprint density at radius 3 is 2.59 bits per heavy atom. The molecule has 146 valence electrons. The van der Waals surface area contributed by atoms with Crippen LogP contribution in [0.4, 0.5) is 0 Å². The van der Waals surface area contributed by atoms with E-state index in [1.807, 2.05) is 42.7 Å². The highest BCUT2D eigenvalue weighted by Crippen LogP contribution is 2.47. The molecule has 2 bridgehead atoms. The fraction of sp³-hybridized carbons (Fsp3) is 0.360. The van der Waals surface area contributed by atoms with Crippen molar-refractivity contribution in [3.8, 4) is 0 Å². The number of carbonyl (C=O) groups excluding carboxylic acids is 1. The fourth-order valence-electron chi connectivity index (χ4n) is 6.11. The predicted molar refractivity (Wildman–Crippen MR) is 114 cm³/mol. The van der Waals surface area contributed by atoms with Crippen molar-refractivity contribution in [3.05, 3.63) is 78.1 Å². The van der Waals surface area contributed by atoms with Crippen LogP contribution in [-0.4, -0.2) is 52.4 Å². The summed E-state index contributed by atoms with van der Waals surface area (Å²) in [6.45, 7) is 3.12. The van der Waals surface area contributed by atoms with Crippen LogP contribution in [0.25, 0.3) is 10.8 Å². The molecule has 0 radical (unpaired) electrons. The Morgan fingerprint density at radius 2 is 1.76 bits per heavy atom. The van der Waals surface area contributed by atoms with E-state index in [0.717, 1.165) is 22.9 Å². The number of fused-ring (bicyclic) bond motifs is 3. The molecule has 4 fully saturated rings. The summed E-state index contributed by atoms with van der Waals surface area (Å²) in [6, 6.07) is 19.3. The van der Waals surface area contributed by atoms with Gasteiger partial charge in [-0.25, -0.2) is 0 Å². The van der Waals surface area contributed by atoms with E-state index in [4.69, 9.17) is 0 Å². The van der Waals surface area contributed by atoms with Crippen molar-refractivity contribution >= 4 is 16.7 Å². The Labute approximate surface area is 171 Å². The van der Waals surface area contributed by atoms with E-state index in [0.29, 0.717) is 23.9 Å². The molecule has 1 amide bonds. The molecule has 7 rings (SSSR count). The van der Waals surface area contributed by atoms with E-state index >= 15 is 0 Å². The van der Waals surface area contributed by atoms with Crippen LogP contribution >= 0.6 is 0 Å². The second kappa shape index (κ2) is 6.67. The van der Waals surface area contributed by atoms with Gasteiger partial charge in [-0.15, -0.1) is 0 Å². The number of piperidine rings is 3. The minimum absolute atomic E-state index is 0.192. The van der Waals surface area contributed by atoms with Crippen molar-refractivity contribution in [2.75, 3.05) is 19.6 Å². The molecule has 3 aromatic rings. The predicted octanol–water partition coefficient (Wildman–Crippen LogP) is 3.94. The average Bonchev–Trinajstić information content (AvgIpc) is 3.23. The largest absolute Gasteiger partial charge is 0.333 e. The molecule has 3 atom stereocenters. The molecule has 0 spiro atoms. The van der Waals surface area contributed by atoms with Gasteiger partial charge in [-0.2, -0.15) is 0 Å². The number of amides is 1. The lowest BCUT2D eigenvalue weighted by Crippen LogP contribution is -2.60. The van der Waals surface area contributed by atoms with Gasteiger partial charge in [0.2, 0.25) is 0 Å². The van der Waals surface area contributed by atoms with Crippen LogP contribution in [0.15, 0.2) is 67.0 Å². The van der Waals surface area contributed by atoms with Crippen molar-refractivity contribution < 1.29 is 4.79 Å². The zero-order valence-electron chi connectivity index (χ0n) is 16.4. The molecule has 0 saturated carbocycles. The summed E-state index contributed by atoms with van der Waals surface area (Å²) >= 11 is 0. The molecule has 4 nitrogen and oxygen atoms in total. The molecule has 2 aromatic carbocycles. The molecular formula is C25H25N3O. The van der Waals surface area contributed by atoms with Crippen LogP contribution in [0.5, 0.6) is 0 Å². The van der Waals surface area contributed by atoms with Crippen LogP contribution in [0.2, 0.25) is 0 Å². The molecule has 0 N–H and O–H groups in total. The normalized spacial score (nSPS) is 30.5. The Bertz CT molecular complexity index is 1050.